The Hall–Kier alpha value is -2.48. The molecule has 7 heteroatoms. The Morgan fingerprint density at radius 1 is 1.04 bits per heavy atom. The number of thiophene rings is 1. The van der Waals surface area contributed by atoms with Gasteiger partial charge in [-0.2, -0.15) is 0 Å². The first-order valence-electron chi connectivity index (χ1n) is 8.79. The minimum atomic E-state index is -3.62. The molecule has 1 heterocycles. The fourth-order valence-electron chi connectivity index (χ4n) is 2.77. The quantitative estimate of drug-likeness (QED) is 0.639. The molecule has 0 aliphatic rings. The second-order valence-electron chi connectivity index (χ2n) is 6.52. The molecule has 5 nitrogen and oxygen atoms in total. The molecule has 3 aromatic rings. The van der Waals surface area contributed by atoms with E-state index < -0.39 is 10.0 Å². The van der Waals surface area contributed by atoms with E-state index in [1.54, 1.807) is 24.1 Å². The van der Waals surface area contributed by atoms with Gasteiger partial charge in [0.05, 0.1) is 4.90 Å². The van der Waals surface area contributed by atoms with Crippen LogP contribution in [0, 0.1) is 6.92 Å². The Morgan fingerprint density at radius 3 is 2.39 bits per heavy atom. The molecule has 0 radical (unpaired) electrons. The summed E-state index contributed by atoms with van der Waals surface area (Å²) < 4.78 is 27.4. The van der Waals surface area contributed by atoms with E-state index in [1.165, 1.54) is 23.5 Å². The van der Waals surface area contributed by atoms with Crippen LogP contribution >= 0.6 is 11.3 Å². The molecule has 0 aliphatic carbocycles. The second-order valence-corrected chi connectivity index (χ2v) is 9.32. The highest BCUT2D eigenvalue weighted by Crippen LogP contribution is 2.16. The average Bonchev–Trinajstić information content (AvgIpc) is 3.21. The molecule has 0 aliphatic heterocycles. The first kappa shape index (κ1) is 20.3. The van der Waals surface area contributed by atoms with Crippen LogP contribution in [0.3, 0.4) is 0 Å². The van der Waals surface area contributed by atoms with E-state index in [-0.39, 0.29) is 17.3 Å². The number of hydrogen-bond acceptors (Lipinski definition) is 4. The first-order chi connectivity index (χ1) is 13.4. The summed E-state index contributed by atoms with van der Waals surface area (Å²) in [6, 6.07) is 17.7. The number of aryl methyl sites for hydroxylation is 1. The van der Waals surface area contributed by atoms with Crippen LogP contribution in [0.5, 0.6) is 0 Å². The monoisotopic (exact) mass is 414 g/mol. The van der Waals surface area contributed by atoms with E-state index in [1.807, 2.05) is 48.7 Å². The number of amides is 1. The van der Waals surface area contributed by atoms with E-state index in [9.17, 15) is 13.2 Å². The molecule has 1 N–H and O–H groups in total. The normalized spacial score (nSPS) is 11.4. The lowest BCUT2D eigenvalue weighted by Gasteiger charge is -2.18. The third-order valence-electron chi connectivity index (χ3n) is 4.44. The standard InChI is InChI=1S/C21H22N2O3S2/c1-16-6-3-4-7-18(16)15-23(2)21(24)17-9-11-20(12-10-17)28(25,26)22-14-19-8-5-13-27-19/h3-13,22H,14-15H2,1-2H3. The lowest BCUT2D eigenvalue weighted by molar-refractivity contribution is 0.0785. The van der Waals surface area contributed by atoms with E-state index >= 15 is 0 Å². The molecule has 0 atom stereocenters. The molecule has 2 aromatic carbocycles. The van der Waals surface area contributed by atoms with Gasteiger partial charge < -0.3 is 4.90 Å². The number of sulfonamides is 1. The topological polar surface area (TPSA) is 66.5 Å². The van der Waals surface area contributed by atoms with Gasteiger partial charge in [-0.05, 0) is 53.8 Å². The van der Waals surface area contributed by atoms with Gasteiger partial charge in [-0.25, -0.2) is 13.1 Å². The molecule has 28 heavy (non-hydrogen) atoms. The predicted octanol–water partition coefficient (Wildman–Crippen LogP) is 3.81. The third kappa shape index (κ3) is 4.86. The van der Waals surface area contributed by atoms with Crippen molar-refractivity contribution in [3.05, 3.63) is 87.6 Å². The summed E-state index contributed by atoms with van der Waals surface area (Å²) in [6.07, 6.45) is 0. The molecule has 0 fully saturated rings. The molecule has 0 bridgehead atoms. The summed E-state index contributed by atoms with van der Waals surface area (Å²) in [5, 5.41) is 1.90. The molecule has 0 unspecified atom stereocenters. The van der Waals surface area contributed by atoms with Crippen molar-refractivity contribution in [3.63, 3.8) is 0 Å². The molecule has 146 valence electrons. The Bertz CT molecular complexity index is 1040. The van der Waals surface area contributed by atoms with Crippen molar-refractivity contribution in [2.24, 2.45) is 0 Å². The number of carbonyl (C=O) groups excluding carboxylic acids is 1. The minimum absolute atomic E-state index is 0.141. The maximum atomic E-state index is 12.7. The van der Waals surface area contributed by atoms with Crippen LogP contribution in [0.1, 0.15) is 26.4 Å². The fourth-order valence-corrected chi connectivity index (χ4v) is 4.52. The van der Waals surface area contributed by atoms with Crippen LogP contribution in [0.4, 0.5) is 0 Å². The van der Waals surface area contributed by atoms with Crippen LogP contribution in [-0.4, -0.2) is 26.3 Å². The molecular weight excluding hydrogens is 392 g/mol. The zero-order valence-electron chi connectivity index (χ0n) is 15.8. The van der Waals surface area contributed by atoms with Crippen molar-refractivity contribution in [2.75, 3.05) is 7.05 Å². The van der Waals surface area contributed by atoms with Gasteiger partial charge in [0.25, 0.3) is 5.91 Å². The zero-order chi connectivity index (χ0) is 20.1. The van der Waals surface area contributed by atoms with Gasteiger partial charge in [-0.3, -0.25) is 4.79 Å². The first-order valence-corrected chi connectivity index (χ1v) is 11.2. The lowest BCUT2D eigenvalue weighted by atomic mass is 10.1. The predicted molar refractivity (Wildman–Crippen MR) is 112 cm³/mol. The Balaban J connectivity index is 1.67. The largest absolute Gasteiger partial charge is 0.337 e. The van der Waals surface area contributed by atoms with Gasteiger partial charge >= 0.3 is 0 Å². The highest BCUT2D eigenvalue weighted by molar-refractivity contribution is 7.89. The van der Waals surface area contributed by atoms with Crippen LogP contribution in [0.25, 0.3) is 0 Å². The van der Waals surface area contributed by atoms with E-state index in [4.69, 9.17) is 0 Å². The Morgan fingerprint density at radius 2 is 1.75 bits per heavy atom. The number of carbonyl (C=O) groups is 1. The maximum Gasteiger partial charge on any atom is 0.253 e. The van der Waals surface area contributed by atoms with Gasteiger partial charge in [-0.15, -0.1) is 11.3 Å². The second kappa shape index (κ2) is 8.68. The summed E-state index contributed by atoms with van der Waals surface area (Å²) in [5.41, 5.74) is 2.66. The van der Waals surface area contributed by atoms with Crippen molar-refractivity contribution in [2.45, 2.75) is 24.9 Å². The number of benzene rings is 2. The average molecular weight is 415 g/mol. The third-order valence-corrected chi connectivity index (χ3v) is 6.74. The van der Waals surface area contributed by atoms with Crippen LogP contribution in [-0.2, 0) is 23.1 Å². The zero-order valence-corrected chi connectivity index (χ0v) is 17.4. The molecule has 0 spiro atoms. The van der Waals surface area contributed by atoms with Crippen LogP contribution < -0.4 is 4.72 Å². The van der Waals surface area contributed by atoms with E-state index in [0.717, 1.165) is 16.0 Å². The molecule has 3 rings (SSSR count). The number of nitrogens with zero attached hydrogens (tertiary/aromatic N) is 1. The number of nitrogens with one attached hydrogen (secondary N) is 1. The van der Waals surface area contributed by atoms with Crippen molar-refractivity contribution in [3.8, 4) is 0 Å². The highest BCUT2D eigenvalue weighted by atomic mass is 32.2. The Labute approximate surface area is 169 Å². The molecule has 0 saturated heterocycles. The van der Waals surface area contributed by atoms with Crippen LogP contribution in [0.2, 0.25) is 0 Å². The van der Waals surface area contributed by atoms with Crippen molar-refractivity contribution < 1.29 is 13.2 Å². The fraction of sp³-hybridized carbons (Fsp3) is 0.190. The van der Waals surface area contributed by atoms with Crippen molar-refractivity contribution in [1.82, 2.24) is 9.62 Å². The van der Waals surface area contributed by atoms with Crippen molar-refractivity contribution in [1.29, 1.82) is 0 Å². The van der Waals surface area contributed by atoms with Crippen LogP contribution in [0.15, 0.2) is 70.9 Å². The summed E-state index contributed by atoms with van der Waals surface area (Å²) in [4.78, 5) is 15.4. The van der Waals surface area contributed by atoms with Gasteiger partial charge in [-0.1, -0.05) is 30.3 Å². The maximum absolute atomic E-state index is 12.7. The molecule has 0 saturated carbocycles. The van der Waals surface area contributed by atoms with Gasteiger partial charge in [0.15, 0.2) is 0 Å². The summed E-state index contributed by atoms with van der Waals surface area (Å²) in [6.45, 7) is 2.75. The summed E-state index contributed by atoms with van der Waals surface area (Å²) in [5.74, 6) is -0.154. The number of rotatable bonds is 7. The Kier molecular flexibility index (Phi) is 6.28. The van der Waals surface area contributed by atoms with Gasteiger partial charge in [0, 0.05) is 30.6 Å². The van der Waals surface area contributed by atoms with E-state index in [0.29, 0.717) is 12.1 Å². The highest BCUT2D eigenvalue weighted by Gasteiger charge is 2.17. The SMILES string of the molecule is Cc1ccccc1CN(C)C(=O)c1ccc(S(=O)(=O)NCc2cccs2)cc1. The van der Waals surface area contributed by atoms with Crippen molar-refractivity contribution >= 4 is 27.3 Å². The molecular formula is C21H22N2O3S2. The number of hydrogen-bond donors (Lipinski definition) is 1. The smallest absolute Gasteiger partial charge is 0.253 e. The summed E-state index contributed by atoms with van der Waals surface area (Å²) in [7, 11) is -1.88. The summed E-state index contributed by atoms with van der Waals surface area (Å²) >= 11 is 1.49. The molecule has 1 amide bonds. The van der Waals surface area contributed by atoms with E-state index in [2.05, 4.69) is 4.72 Å². The lowest BCUT2D eigenvalue weighted by Crippen LogP contribution is -2.27. The van der Waals surface area contributed by atoms with Gasteiger partial charge in [0.1, 0.15) is 0 Å². The van der Waals surface area contributed by atoms with Gasteiger partial charge in [0.2, 0.25) is 10.0 Å². The molecule has 1 aromatic heterocycles. The minimum Gasteiger partial charge on any atom is -0.337 e.